The van der Waals surface area contributed by atoms with Crippen molar-refractivity contribution in [1.29, 1.82) is 0 Å². The minimum atomic E-state index is -0.526. The number of ether oxygens (including phenoxy) is 2. The summed E-state index contributed by atoms with van der Waals surface area (Å²) in [4.78, 5) is 0. The van der Waals surface area contributed by atoms with Crippen LogP contribution in [0, 0.1) is 0 Å². The third kappa shape index (κ3) is 5.09. The summed E-state index contributed by atoms with van der Waals surface area (Å²) in [6.45, 7) is 6.04. The van der Waals surface area contributed by atoms with Crippen molar-refractivity contribution in [2.24, 2.45) is 0 Å². The van der Waals surface area contributed by atoms with E-state index in [1.54, 1.807) is 0 Å². The third-order valence-electron chi connectivity index (χ3n) is 3.51. The SMILES string of the molecule is CCSCCC(C)NCC(O)c1ccc2c(c1)OCCO2. The fourth-order valence-corrected chi connectivity index (χ4v) is 3.01. The molecule has 5 heteroatoms. The van der Waals surface area contributed by atoms with Crippen LogP contribution >= 0.6 is 11.8 Å². The van der Waals surface area contributed by atoms with E-state index in [0.717, 1.165) is 35.0 Å². The van der Waals surface area contributed by atoms with Gasteiger partial charge in [-0.15, -0.1) is 0 Å². The second-order valence-electron chi connectivity index (χ2n) is 5.21. The lowest BCUT2D eigenvalue weighted by Crippen LogP contribution is -2.31. The fourth-order valence-electron chi connectivity index (χ4n) is 2.20. The number of nitrogens with one attached hydrogen (secondary N) is 1. The van der Waals surface area contributed by atoms with E-state index in [1.165, 1.54) is 0 Å². The molecule has 21 heavy (non-hydrogen) atoms. The van der Waals surface area contributed by atoms with E-state index in [1.807, 2.05) is 30.0 Å². The molecule has 0 amide bonds. The first-order chi connectivity index (χ1) is 10.2. The van der Waals surface area contributed by atoms with Crippen molar-refractivity contribution < 1.29 is 14.6 Å². The van der Waals surface area contributed by atoms with E-state index < -0.39 is 6.10 Å². The minimum absolute atomic E-state index is 0.413. The number of fused-ring (bicyclic) bond motifs is 1. The average Bonchev–Trinajstić information content (AvgIpc) is 2.52. The van der Waals surface area contributed by atoms with Crippen LogP contribution in [0.15, 0.2) is 18.2 Å². The number of hydrogen-bond donors (Lipinski definition) is 2. The first-order valence-corrected chi connectivity index (χ1v) is 8.75. The highest BCUT2D eigenvalue weighted by atomic mass is 32.2. The van der Waals surface area contributed by atoms with Gasteiger partial charge in [-0.25, -0.2) is 0 Å². The molecule has 2 N–H and O–H groups in total. The normalized spacial score (nSPS) is 16.5. The highest BCUT2D eigenvalue weighted by Crippen LogP contribution is 2.32. The number of aliphatic hydroxyl groups is 1. The molecule has 1 aromatic carbocycles. The summed E-state index contributed by atoms with van der Waals surface area (Å²) < 4.78 is 11.0. The van der Waals surface area contributed by atoms with Crippen molar-refractivity contribution >= 4 is 11.8 Å². The van der Waals surface area contributed by atoms with Gasteiger partial charge in [0.1, 0.15) is 13.2 Å². The number of aliphatic hydroxyl groups excluding tert-OH is 1. The van der Waals surface area contributed by atoms with Crippen LogP contribution in [-0.2, 0) is 0 Å². The molecular formula is C16H25NO3S. The van der Waals surface area contributed by atoms with Crippen LogP contribution in [0.1, 0.15) is 31.9 Å². The Bertz CT molecular complexity index is 442. The highest BCUT2D eigenvalue weighted by Gasteiger charge is 2.15. The van der Waals surface area contributed by atoms with E-state index in [-0.39, 0.29) is 0 Å². The van der Waals surface area contributed by atoms with Gasteiger partial charge in [-0.1, -0.05) is 13.0 Å². The largest absolute Gasteiger partial charge is 0.486 e. The van der Waals surface area contributed by atoms with Crippen LogP contribution < -0.4 is 14.8 Å². The molecule has 0 fully saturated rings. The predicted octanol–water partition coefficient (Wildman–Crippen LogP) is 2.61. The molecule has 1 aliphatic heterocycles. The molecule has 118 valence electrons. The molecule has 2 unspecified atom stereocenters. The number of rotatable bonds is 8. The lowest BCUT2D eigenvalue weighted by atomic mass is 10.1. The van der Waals surface area contributed by atoms with Crippen LogP contribution in [0.4, 0.5) is 0 Å². The lowest BCUT2D eigenvalue weighted by Gasteiger charge is -2.21. The Morgan fingerprint density at radius 2 is 2.05 bits per heavy atom. The monoisotopic (exact) mass is 311 g/mol. The van der Waals surface area contributed by atoms with Crippen molar-refractivity contribution in [3.63, 3.8) is 0 Å². The highest BCUT2D eigenvalue weighted by molar-refractivity contribution is 7.99. The molecule has 1 aromatic rings. The van der Waals surface area contributed by atoms with E-state index in [9.17, 15) is 5.11 Å². The number of thioether (sulfide) groups is 1. The van der Waals surface area contributed by atoms with Gasteiger partial charge in [0.2, 0.25) is 0 Å². The Labute approximate surface area is 131 Å². The van der Waals surface area contributed by atoms with Crippen LogP contribution in [0.3, 0.4) is 0 Å². The van der Waals surface area contributed by atoms with Gasteiger partial charge in [0.15, 0.2) is 11.5 Å². The molecular weight excluding hydrogens is 286 g/mol. The third-order valence-corrected chi connectivity index (χ3v) is 4.44. The van der Waals surface area contributed by atoms with Crippen molar-refractivity contribution in [3.05, 3.63) is 23.8 Å². The van der Waals surface area contributed by atoms with Gasteiger partial charge >= 0.3 is 0 Å². The average molecular weight is 311 g/mol. The molecule has 0 aromatic heterocycles. The van der Waals surface area contributed by atoms with Gasteiger partial charge in [-0.3, -0.25) is 0 Å². The molecule has 1 aliphatic rings. The zero-order valence-electron chi connectivity index (χ0n) is 12.8. The molecule has 2 rings (SSSR count). The Kier molecular flexibility index (Phi) is 6.67. The van der Waals surface area contributed by atoms with Gasteiger partial charge in [0.25, 0.3) is 0 Å². The quantitative estimate of drug-likeness (QED) is 0.723. The zero-order chi connectivity index (χ0) is 15.1. The molecule has 0 radical (unpaired) electrons. The number of hydrogen-bond acceptors (Lipinski definition) is 5. The molecule has 0 saturated carbocycles. The lowest BCUT2D eigenvalue weighted by molar-refractivity contribution is 0.161. The van der Waals surface area contributed by atoms with Gasteiger partial charge in [0, 0.05) is 12.6 Å². The summed E-state index contributed by atoms with van der Waals surface area (Å²) in [7, 11) is 0. The van der Waals surface area contributed by atoms with Crippen molar-refractivity contribution in [1.82, 2.24) is 5.32 Å². The Hall–Kier alpha value is -0.910. The van der Waals surface area contributed by atoms with E-state index in [4.69, 9.17) is 9.47 Å². The maximum absolute atomic E-state index is 10.3. The zero-order valence-corrected chi connectivity index (χ0v) is 13.6. The molecule has 1 heterocycles. The van der Waals surface area contributed by atoms with E-state index in [2.05, 4.69) is 19.2 Å². The van der Waals surface area contributed by atoms with E-state index in [0.29, 0.717) is 25.8 Å². The molecule has 0 spiro atoms. The van der Waals surface area contributed by atoms with Crippen LogP contribution in [0.2, 0.25) is 0 Å². The van der Waals surface area contributed by atoms with Crippen LogP contribution in [0.25, 0.3) is 0 Å². The second kappa shape index (κ2) is 8.51. The maximum Gasteiger partial charge on any atom is 0.161 e. The van der Waals surface area contributed by atoms with Gasteiger partial charge in [-0.2, -0.15) is 11.8 Å². The summed E-state index contributed by atoms with van der Waals surface area (Å²) in [6, 6.07) is 6.06. The fraction of sp³-hybridized carbons (Fsp3) is 0.625. The summed E-state index contributed by atoms with van der Waals surface area (Å²) in [5.41, 5.74) is 0.863. The summed E-state index contributed by atoms with van der Waals surface area (Å²) in [5, 5.41) is 13.7. The maximum atomic E-state index is 10.3. The smallest absolute Gasteiger partial charge is 0.161 e. The Morgan fingerprint density at radius 3 is 2.81 bits per heavy atom. The molecule has 2 atom stereocenters. The minimum Gasteiger partial charge on any atom is -0.486 e. The number of benzene rings is 1. The molecule has 0 saturated heterocycles. The summed E-state index contributed by atoms with van der Waals surface area (Å²) in [6.07, 6.45) is 0.592. The van der Waals surface area contributed by atoms with Crippen molar-refractivity contribution in [2.75, 3.05) is 31.3 Å². The predicted molar refractivity (Wildman–Crippen MR) is 87.5 cm³/mol. The molecule has 0 aliphatic carbocycles. The van der Waals surface area contributed by atoms with E-state index >= 15 is 0 Å². The van der Waals surface area contributed by atoms with Crippen molar-refractivity contribution in [2.45, 2.75) is 32.4 Å². The van der Waals surface area contributed by atoms with Gasteiger partial charge < -0.3 is 19.9 Å². The summed E-state index contributed by atoms with van der Waals surface area (Å²) >= 11 is 1.95. The standard InChI is InChI=1S/C16H25NO3S/c1-3-21-9-6-12(2)17-11-14(18)13-4-5-15-16(10-13)20-8-7-19-15/h4-5,10,12,14,17-18H,3,6-9,11H2,1-2H3. The molecule has 4 nitrogen and oxygen atoms in total. The van der Waals surface area contributed by atoms with Crippen molar-refractivity contribution in [3.8, 4) is 11.5 Å². The van der Waals surface area contributed by atoms with Crippen LogP contribution in [0.5, 0.6) is 11.5 Å². The summed E-state index contributed by atoms with van der Waals surface area (Å²) in [5.74, 6) is 3.80. The first kappa shape index (κ1) is 16.5. The first-order valence-electron chi connectivity index (χ1n) is 7.59. The topological polar surface area (TPSA) is 50.7 Å². The van der Waals surface area contributed by atoms with Gasteiger partial charge in [0.05, 0.1) is 6.10 Å². The van der Waals surface area contributed by atoms with Gasteiger partial charge in [-0.05, 0) is 42.5 Å². The second-order valence-corrected chi connectivity index (χ2v) is 6.61. The Balaban J connectivity index is 1.81. The molecule has 0 bridgehead atoms. The van der Waals surface area contributed by atoms with Crippen LogP contribution in [-0.4, -0.2) is 42.4 Å². The Morgan fingerprint density at radius 1 is 1.29 bits per heavy atom.